The lowest BCUT2D eigenvalue weighted by Crippen LogP contribution is -2.40. The highest BCUT2D eigenvalue weighted by Gasteiger charge is 2.35. The van der Waals surface area contributed by atoms with Crippen molar-refractivity contribution >= 4 is 28.6 Å². The van der Waals surface area contributed by atoms with E-state index in [1.54, 1.807) is 11.8 Å². The van der Waals surface area contributed by atoms with E-state index in [9.17, 15) is 4.79 Å². The van der Waals surface area contributed by atoms with E-state index in [-0.39, 0.29) is 5.91 Å². The van der Waals surface area contributed by atoms with Gasteiger partial charge in [0, 0.05) is 22.2 Å². The highest BCUT2D eigenvalue weighted by Crippen LogP contribution is 2.34. The van der Waals surface area contributed by atoms with E-state index in [4.69, 9.17) is 5.73 Å². The molecule has 164 valence electrons. The van der Waals surface area contributed by atoms with E-state index in [0.29, 0.717) is 12.2 Å². The van der Waals surface area contributed by atoms with Crippen LogP contribution >= 0.6 is 11.8 Å². The molecular weight excluding hydrogens is 412 g/mol. The molecule has 4 aromatic rings. The lowest BCUT2D eigenvalue weighted by atomic mass is 9.80. The second kappa shape index (κ2) is 11.5. The summed E-state index contributed by atoms with van der Waals surface area (Å²) in [4.78, 5) is 17.5. The average Bonchev–Trinajstić information content (AvgIpc) is 2.84. The number of hydrogen-bond acceptors (Lipinski definition) is 3. The molecule has 0 bridgehead atoms. The van der Waals surface area contributed by atoms with Crippen LogP contribution in [0.2, 0.25) is 0 Å². The maximum Gasteiger partial charge on any atom is 0.224 e. The highest BCUT2D eigenvalue weighted by molar-refractivity contribution is 7.99. The molecule has 4 heteroatoms. The number of nitrogens with zero attached hydrogens (tertiary/aromatic N) is 1. The smallest absolute Gasteiger partial charge is 0.224 e. The molecule has 0 aliphatic heterocycles. The van der Waals surface area contributed by atoms with Crippen molar-refractivity contribution in [1.82, 2.24) is 4.98 Å². The zero-order chi connectivity index (χ0) is 22.8. The van der Waals surface area contributed by atoms with E-state index >= 15 is 0 Å². The monoisotopic (exact) mass is 442 g/mol. The summed E-state index contributed by atoms with van der Waals surface area (Å²) >= 11 is 1.71. The molecule has 0 aliphatic carbocycles. The zero-order valence-electron chi connectivity index (χ0n) is 18.7. The molecule has 0 saturated carbocycles. The summed E-state index contributed by atoms with van der Waals surface area (Å²) in [6.07, 6.45) is 3.25. The van der Waals surface area contributed by atoms with Crippen molar-refractivity contribution in [2.24, 2.45) is 11.1 Å². The number of fused-ring (bicyclic) bond motifs is 1. The Balaban J connectivity index is 0.000000238. The van der Waals surface area contributed by atoms with Crippen LogP contribution in [0, 0.1) is 12.3 Å². The van der Waals surface area contributed by atoms with Gasteiger partial charge in [-0.3, -0.25) is 9.78 Å². The van der Waals surface area contributed by atoms with Crippen LogP contribution in [0.4, 0.5) is 0 Å². The van der Waals surface area contributed by atoms with Gasteiger partial charge in [-0.25, -0.2) is 0 Å². The third-order valence-electron chi connectivity index (χ3n) is 5.63. The Hall–Kier alpha value is -3.11. The van der Waals surface area contributed by atoms with Gasteiger partial charge in [-0.2, -0.15) is 0 Å². The Kier molecular flexibility index (Phi) is 8.46. The van der Waals surface area contributed by atoms with Gasteiger partial charge in [-0.15, -0.1) is 11.8 Å². The molecule has 1 unspecified atom stereocenters. The fraction of sp³-hybridized carbons (Fsp3) is 0.214. The average molecular weight is 443 g/mol. The Morgan fingerprint density at radius 1 is 0.906 bits per heavy atom. The maximum absolute atomic E-state index is 12.1. The summed E-state index contributed by atoms with van der Waals surface area (Å²) in [6, 6.07) is 30.6. The maximum atomic E-state index is 12.1. The van der Waals surface area contributed by atoms with Crippen LogP contribution in [0.1, 0.15) is 24.5 Å². The summed E-state index contributed by atoms with van der Waals surface area (Å²) < 4.78 is 0. The fourth-order valence-electron chi connectivity index (χ4n) is 3.47. The van der Waals surface area contributed by atoms with Crippen LogP contribution in [0.3, 0.4) is 0 Å². The van der Waals surface area contributed by atoms with Gasteiger partial charge in [0.15, 0.2) is 0 Å². The van der Waals surface area contributed by atoms with E-state index in [2.05, 4.69) is 60.4 Å². The Morgan fingerprint density at radius 3 is 2.22 bits per heavy atom. The van der Waals surface area contributed by atoms with Crippen LogP contribution in [-0.4, -0.2) is 16.6 Å². The standard InChI is InChI=1S/C19H23NOS.C9H7N/c1-3-19(18(20)21,13-16-7-5-4-6-8-16)14-22-17-11-9-15(2)10-12-17;1-2-6-9-8(4-1)5-3-7-10-9/h4-12H,3,13-14H2,1-2H3,(H2,20,21);1-7H. The van der Waals surface area contributed by atoms with E-state index in [0.717, 1.165) is 17.5 Å². The molecule has 0 spiro atoms. The van der Waals surface area contributed by atoms with Crippen molar-refractivity contribution in [3.05, 3.63) is 108 Å². The first-order valence-electron chi connectivity index (χ1n) is 10.9. The van der Waals surface area contributed by atoms with Crippen molar-refractivity contribution in [2.75, 3.05) is 5.75 Å². The molecule has 4 rings (SSSR count). The van der Waals surface area contributed by atoms with Crippen molar-refractivity contribution in [2.45, 2.75) is 31.6 Å². The molecule has 1 atom stereocenters. The van der Waals surface area contributed by atoms with Gasteiger partial charge < -0.3 is 5.73 Å². The number of benzene rings is 3. The molecule has 3 aromatic carbocycles. The number of thioether (sulfide) groups is 1. The number of carbonyl (C=O) groups is 1. The SMILES string of the molecule is CCC(CSc1ccc(C)cc1)(Cc1ccccc1)C(N)=O.c1ccc2ncccc2c1. The summed E-state index contributed by atoms with van der Waals surface area (Å²) in [5, 5.41) is 1.20. The third-order valence-corrected chi connectivity index (χ3v) is 6.94. The summed E-state index contributed by atoms with van der Waals surface area (Å²) in [5.74, 6) is 0.495. The molecular formula is C28H30N2OS. The quantitative estimate of drug-likeness (QED) is 0.335. The molecule has 32 heavy (non-hydrogen) atoms. The van der Waals surface area contributed by atoms with Crippen molar-refractivity contribution in [3.8, 4) is 0 Å². The first-order chi connectivity index (χ1) is 15.5. The van der Waals surface area contributed by atoms with Gasteiger partial charge in [0.2, 0.25) is 5.91 Å². The number of nitrogens with two attached hydrogens (primary N) is 1. The minimum Gasteiger partial charge on any atom is -0.369 e. The number of pyridine rings is 1. The van der Waals surface area contributed by atoms with Gasteiger partial charge in [-0.05, 0) is 49.6 Å². The van der Waals surface area contributed by atoms with E-state index in [1.165, 1.54) is 15.8 Å². The number of amides is 1. The third kappa shape index (κ3) is 6.44. The molecule has 1 heterocycles. The van der Waals surface area contributed by atoms with Crippen molar-refractivity contribution < 1.29 is 4.79 Å². The molecule has 0 fully saturated rings. The Bertz CT molecular complexity index is 1060. The van der Waals surface area contributed by atoms with Gasteiger partial charge in [0.1, 0.15) is 0 Å². The number of aryl methyl sites for hydroxylation is 1. The number of para-hydroxylation sites is 1. The summed E-state index contributed by atoms with van der Waals surface area (Å²) in [5.41, 5.74) is 8.72. The van der Waals surface area contributed by atoms with Crippen LogP contribution < -0.4 is 5.73 Å². The molecule has 1 amide bonds. The van der Waals surface area contributed by atoms with Gasteiger partial charge in [0.25, 0.3) is 0 Å². The van der Waals surface area contributed by atoms with Gasteiger partial charge in [0.05, 0.1) is 10.9 Å². The van der Waals surface area contributed by atoms with Gasteiger partial charge in [-0.1, -0.05) is 79.2 Å². The van der Waals surface area contributed by atoms with Crippen LogP contribution in [0.5, 0.6) is 0 Å². The lowest BCUT2D eigenvalue weighted by molar-refractivity contribution is -0.126. The minimum atomic E-state index is -0.503. The minimum absolute atomic E-state index is 0.210. The number of primary amides is 1. The molecule has 0 radical (unpaired) electrons. The van der Waals surface area contributed by atoms with Crippen molar-refractivity contribution in [3.63, 3.8) is 0 Å². The number of carbonyl (C=O) groups excluding carboxylic acids is 1. The first-order valence-corrected chi connectivity index (χ1v) is 11.8. The van der Waals surface area contributed by atoms with Crippen LogP contribution in [0.25, 0.3) is 10.9 Å². The molecule has 0 aliphatic rings. The predicted molar refractivity (Wildman–Crippen MR) is 136 cm³/mol. The molecule has 0 saturated heterocycles. The predicted octanol–water partition coefficient (Wildman–Crippen LogP) is 6.45. The van der Waals surface area contributed by atoms with Crippen LogP contribution in [-0.2, 0) is 11.2 Å². The topological polar surface area (TPSA) is 56.0 Å². The Labute approximate surface area is 195 Å². The second-order valence-corrected chi connectivity index (χ2v) is 9.01. The summed E-state index contributed by atoms with van der Waals surface area (Å²) in [6.45, 7) is 4.12. The van der Waals surface area contributed by atoms with Crippen LogP contribution in [0.15, 0.2) is 102 Å². The van der Waals surface area contributed by atoms with E-state index in [1.807, 2.05) is 55.6 Å². The largest absolute Gasteiger partial charge is 0.369 e. The normalized spacial score (nSPS) is 12.4. The second-order valence-electron chi connectivity index (χ2n) is 7.96. The number of aromatic nitrogens is 1. The molecule has 3 nitrogen and oxygen atoms in total. The molecule has 1 aromatic heterocycles. The van der Waals surface area contributed by atoms with E-state index < -0.39 is 5.41 Å². The highest BCUT2D eigenvalue weighted by atomic mass is 32.2. The number of hydrogen-bond donors (Lipinski definition) is 1. The van der Waals surface area contributed by atoms with Crippen molar-refractivity contribution in [1.29, 1.82) is 0 Å². The zero-order valence-corrected chi connectivity index (χ0v) is 19.5. The fourth-order valence-corrected chi connectivity index (χ4v) is 4.69. The number of rotatable bonds is 7. The lowest BCUT2D eigenvalue weighted by Gasteiger charge is -2.29. The summed E-state index contributed by atoms with van der Waals surface area (Å²) in [7, 11) is 0. The van der Waals surface area contributed by atoms with Gasteiger partial charge >= 0.3 is 0 Å². The first kappa shape index (κ1) is 23.6. The Morgan fingerprint density at radius 2 is 1.56 bits per heavy atom. The molecule has 2 N–H and O–H groups in total.